The van der Waals surface area contributed by atoms with Gasteiger partial charge in [-0.05, 0) is 69.5 Å². The minimum atomic E-state index is -0.00928. The van der Waals surface area contributed by atoms with E-state index in [2.05, 4.69) is 22.2 Å². The van der Waals surface area contributed by atoms with Crippen molar-refractivity contribution in [3.63, 3.8) is 0 Å². The number of carbonyl (C=O) groups is 1. The highest BCUT2D eigenvalue weighted by molar-refractivity contribution is 5.94. The van der Waals surface area contributed by atoms with Gasteiger partial charge in [0.1, 0.15) is 0 Å². The van der Waals surface area contributed by atoms with Gasteiger partial charge in [0, 0.05) is 30.9 Å². The van der Waals surface area contributed by atoms with Crippen LogP contribution in [-0.2, 0) is 0 Å². The van der Waals surface area contributed by atoms with Crippen molar-refractivity contribution in [2.75, 3.05) is 26.2 Å². The van der Waals surface area contributed by atoms with Gasteiger partial charge in [0.05, 0.1) is 11.4 Å². The van der Waals surface area contributed by atoms with Gasteiger partial charge in [-0.1, -0.05) is 6.92 Å². The molecule has 5 nitrogen and oxygen atoms in total. The summed E-state index contributed by atoms with van der Waals surface area (Å²) in [5.41, 5.74) is 3.75. The average Bonchev–Trinajstić information content (AvgIpc) is 2.93. The summed E-state index contributed by atoms with van der Waals surface area (Å²) in [4.78, 5) is 14.8. The Bertz CT molecular complexity index is 720. The highest BCUT2D eigenvalue weighted by Crippen LogP contribution is 2.15. The maximum Gasteiger partial charge on any atom is 0.251 e. The van der Waals surface area contributed by atoms with Crippen LogP contribution in [-0.4, -0.2) is 46.8 Å². The predicted molar refractivity (Wildman–Crippen MR) is 100 cm³/mol. The van der Waals surface area contributed by atoms with Gasteiger partial charge in [-0.25, -0.2) is 4.68 Å². The third-order valence-corrected chi connectivity index (χ3v) is 4.84. The van der Waals surface area contributed by atoms with E-state index in [0.29, 0.717) is 12.1 Å². The number of benzene rings is 1. The quantitative estimate of drug-likeness (QED) is 0.910. The number of hydrogen-bond donors (Lipinski definition) is 1. The van der Waals surface area contributed by atoms with Crippen molar-refractivity contribution in [1.29, 1.82) is 0 Å². The summed E-state index contributed by atoms with van der Waals surface area (Å²) in [5.74, 6) is 0.761. The number of aromatic nitrogens is 2. The first-order valence-corrected chi connectivity index (χ1v) is 9.17. The summed E-state index contributed by atoms with van der Waals surface area (Å²) in [6.45, 7) is 10.2. The summed E-state index contributed by atoms with van der Waals surface area (Å²) in [6.07, 6.45) is 2.59. The molecule has 1 saturated heterocycles. The van der Waals surface area contributed by atoms with Crippen LogP contribution < -0.4 is 5.32 Å². The van der Waals surface area contributed by atoms with Gasteiger partial charge in [-0.3, -0.25) is 4.79 Å². The number of carbonyl (C=O) groups excluding carboxylic acids is 1. The zero-order valence-corrected chi connectivity index (χ0v) is 15.5. The Labute approximate surface area is 150 Å². The Hall–Kier alpha value is -2.14. The van der Waals surface area contributed by atoms with E-state index in [1.807, 2.05) is 48.9 Å². The average molecular weight is 340 g/mol. The van der Waals surface area contributed by atoms with Gasteiger partial charge in [0.2, 0.25) is 0 Å². The molecule has 5 heteroatoms. The number of piperidine rings is 1. The number of likely N-dealkylation sites (tertiary alicyclic amines) is 1. The maximum absolute atomic E-state index is 12.3. The molecule has 1 aromatic carbocycles. The summed E-state index contributed by atoms with van der Waals surface area (Å²) >= 11 is 0. The summed E-state index contributed by atoms with van der Waals surface area (Å²) in [7, 11) is 0. The standard InChI is InChI=1S/C20H28N4O/c1-15-5-4-11-23(14-15)12-10-21-20(25)18-6-8-19(9-7-18)24-17(3)13-16(2)22-24/h6-9,13,15H,4-5,10-12,14H2,1-3H3,(H,21,25). The van der Waals surface area contributed by atoms with E-state index in [4.69, 9.17) is 0 Å². The number of hydrogen-bond acceptors (Lipinski definition) is 3. The molecule has 1 amide bonds. The monoisotopic (exact) mass is 340 g/mol. The van der Waals surface area contributed by atoms with Crippen LogP contribution >= 0.6 is 0 Å². The molecule has 25 heavy (non-hydrogen) atoms. The van der Waals surface area contributed by atoms with Crippen molar-refractivity contribution < 1.29 is 4.79 Å². The van der Waals surface area contributed by atoms with Gasteiger partial charge in [0.15, 0.2) is 0 Å². The van der Waals surface area contributed by atoms with Crippen molar-refractivity contribution in [2.24, 2.45) is 5.92 Å². The molecule has 0 radical (unpaired) electrons. The lowest BCUT2D eigenvalue weighted by Gasteiger charge is -2.30. The van der Waals surface area contributed by atoms with Crippen LogP contribution in [0.4, 0.5) is 0 Å². The molecule has 1 atom stereocenters. The van der Waals surface area contributed by atoms with Crippen molar-refractivity contribution >= 4 is 5.91 Å². The molecule has 0 spiro atoms. The molecule has 2 aromatic rings. The molecule has 0 bridgehead atoms. The fraction of sp³-hybridized carbons (Fsp3) is 0.500. The lowest BCUT2D eigenvalue weighted by Crippen LogP contribution is -2.40. The Morgan fingerprint density at radius 3 is 2.68 bits per heavy atom. The molecule has 1 N–H and O–H groups in total. The second kappa shape index (κ2) is 7.83. The fourth-order valence-corrected chi connectivity index (χ4v) is 3.56. The van der Waals surface area contributed by atoms with Crippen molar-refractivity contribution in [3.8, 4) is 5.69 Å². The Morgan fingerprint density at radius 2 is 2.04 bits per heavy atom. The zero-order chi connectivity index (χ0) is 17.8. The van der Waals surface area contributed by atoms with Gasteiger partial charge in [-0.15, -0.1) is 0 Å². The van der Waals surface area contributed by atoms with Crippen LogP contribution in [0, 0.1) is 19.8 Å². The molecule has 3 rings (SSSR count). The SMILES string of the molecule is Cc1cc(C)n(-c2ccc(C(=O)NCCN3CCCC(C)C3)cc2)n1. The largest absolute Gasteiger partial charge is 0.351 e. The van der Waals surface area contributed by atoms with E-state index in [-0.39, 0.29) is 5.91 Å². The number of amides is 1. The molecule has 1 aromatic heterocycles. The van der Waals surface area contributed by atoms with Crippen LogP contribution in [0.3, 0.4) is 0 Å². The van der Waals surface area contributed by atoms with Crippen LogP contribution in [0.1, 0.15) is 41.5 Å². The van der Waals surface area contributed by atoms with Crippen LogP contribution in [0.25, 0.3) is 5.69 Å². The van der Waals surface area contributed by atoms with Crippen molar-refractivity contribution in [1.82, 2.24) is 20.0 Å². The predicted octanol–water partition coefficient (Wildman–Crippen LogP) is 2.95. The number of nitrogens with zero attached hydrogens (tertiary/aromatic N) is 3. The molecule has 134 valence electrons. The van der Waals surface area contributed by atoms with E-state index >= 15 is 0 Å². The number of nitrogens with one attached hydrogen (secondary N) is 1. The highest BCUT2D eigenvalue weighted by atomic mass is 16.1. The molecule has 1 unspecified atom stereocenters. The molecule has 0 saturated carbocycles. The zero-order valence-electron chi connectivity index (χ0n) is 15.5. The number of rotatable bonds is 5. The third kappa shape index (κ3) is 4.48. The first-order chi connectivity index (χ1) is 12.0. The van der Waals surface area contributed by atoms with E-state index in [0.717, 1.165) is 42.6 Å². The molecular formula is C20H28N4O. The van der Waals surface area contributed by atoms with E-state index < -0.39 is 0 Å². The topological polar surface area (TPSA) is 50.2 Å². The molecule has 2 heterocycles. The molecule has 1 aliphatic rings. The molecule has 1 fully saturated rings. The number of aryl methyl sites for hydroxylation is 2. The van der Waals surface area contributed by atoms with Gasteiger partial charge in [0.25, 0.3) is 5.91 Å². The van der Waals surface area contributed by atoms with Crippen LogP contribution in [0.5, 0.6) is 0 Å². The van der Waals surface area contributed by atoms with Gasteiger partial charge >= 0.3 is 0 Å². The Balaban J connectivity index is 1.53. The lowest BCUT2D eigenvalue weighted by atomic mass is 10.0. The Kier molecular flexibility index (Phi) is 5.53. The van der Waals surface area contributed by atoms with E-state index in [1.54, 1.807) is 0 Å². The normalized spacial score (nSPS) is 18.3. The van der Waals surface area contributed by atoms with E-state index in [9.17, 15) is 4.79 Å². The fourth-order valence-electron chi connectivity index (χ4n) is 3.56. The third-order valence-electron chi connectivity index (χ3n) is 4.84. The van der Waals surface area contributed by atoms with E-state index in [1.165, 1.54) is 12.8 Å². The Morgan fingerprint density at radius 1 is 1.28 bits per heavy atom. The second-order valence-corrected chi connectivity index (χ2v) is 7.19. The highest BCUT2D eigenvalue weighted by Gasteiger charge is 2.16. The second-order valence-electron chi connectivity index (χ2n) is 7.19. The molecule has 1 aliphatic heterocycles. The van der Waals surface area contributed by atoms with Crippen LogP contribution in [0.2, 0.25) is 0 Å². The molecule has 0 aliphatic carbocycles. The maximum atomic E-state index is 12.3. The minimum Gasteiger partial charge on any atom is -0.351 e. The summed E-state index contributed by atoms with van der Waals surface area (Å²) in [5, 5.41) is 7.51. The van der Waals surface area contributed by atoms with Crippen molar-refractivity contribution in [2.45, 2.75) is 33.6 Å². The smallest absolute Gasteiger partial charge is 0.251 e. The summed E-state index contributed by atoms with van der Waals surface area (Å²) < 4.78 is 1.90. The van der Waals surface area contributed by atoms with Gasteiger partial charge < -0.3 is 10.2 Å². The van der Waals surface area contributed by atoms with Crippen molar-refractivity contribution in [3.05, 3.63) is 47.3 Å². The first kappa shape index (κ1) is 17.7. The summed E-state index contributed by atoms with van der Waals surface area (Å²) in [6, 6.07) is 9.66. The minimum absolute atomic E-state index is 0.00928. The molecular weight excluding hydrogens is 312 g/mol. The first-order valence-electron chi connectivity index (χ1n) is 9.17. The van der Waals surface area contributed by atoms with Crippen LogP contribution in [0.15, 0.2) is 30.3 Å². The lowest BCUT2D eigenvalue weighted by molar-refractivity contribution is 0.0944. The van der Waals surface area contributed by atoms with Gasteiger partial charge in [-0.2, -0.15) is 5.10 Å².